The molecule has 1 heterocycles. The van der Waals surface area contributed by atoms with E-state index in [1.807, 2.05) is 6.20 Å². The number of nitrogens with one attached hydrogen (secondary N) is 1. The summed E-state index contributed by atoms with van der Waals surface area (Å²) in [6.45, 7) is 3.10. The third kappa shape index (κ3) is 3.51. The number of thioether (sulfide) groups is 1. The van der Waals surface area contributed by atoms with Crippen molar-refractivity contribution in [2.45, 2.75) is 56.9 Å². The monoisotopic (exact) mass is 267 g/mol. The molecular formula is C14H25N3S. The Labute approximate surface area is 115 Å². The molecule has 102 valence electrons. The van der Waals surface area contributed by atoms with Crippen LogP contribution in [0.2, 0.25) is 0 Å². The van der Waals surface area contributed by atoms with Gasteiger partial charge in [-0.3, -0.25) is 4.68 Å². The van der Waals surface area contributed by atoms with E-state index in [9.17, 15) is 0 Å². The average Bonchev–Trinajstić information content (AvgIpc) is 2.89. The van der Waals surface area contributed by atoms with Gasteiger partial charge in [0.2, 0.25) is 0 Å². The molecule has 3 nitrogen and oxygen atoms in total. The zero-order valence-corrected chi connectivity index (χ0v) is 12.4. The Morgan fingerprint density at radius 1 is 1.44 bits per heavy atom. The van der Waals surface area contributed by atoms with Crippen LogP contribution in [0.5, 0.6) is 0 Å². The lowest BCUT2D eigenvalue weighted by atomic mass is 10.0. The third-order valence-corrected chi connectivity index (χ3v) is 5.27. The van der Waals surface area contributed by atoms with Crippen LogP contribution in [-0.4, -0.2) is 27.8 Å². The second-order valence-corrected chi connectivity index (χ2v) is 6.34. The maximum Gasteiger partial charge on any atom is 0.0581 e. The van der Waals surface area contributed by atoms with E-state index >= 15 is 0 Å². The molecular weight excluding hydrogens is 242 g/mol. The first-order valence-electron chi connectivity index (χ1n) is 7.15. The smallest absolute Gasteiger partial charge is 0.0581 e. The van der Waals surface area contributed by atoms with Gasteiger partial charge in [-0.15, -0.1) is 0 Å². The Kier molecular flexibility index (Phi) is 5.57. The lowest BCUT2D eigenvalue weighted by molar-refractivity contribution is 0.512. The largest absolute Gasteiger partial charge is 0.311 e. The minimum Gasteiger partial charge on any atom is -0.311 e. The standard InChI is InChI=1S/C14H25N3S/c1-3-17-14(9-10-16-17)13(15-2)11-18-12-7-5-4-6-8-12/h9-10,12-13,15H,3-8,11H2,1-2H3. The molecule has 1 aliphatic carbocycles. The van der Waals surface area contributed by atoms with Crippen LogP contribution in [-0.2, 0) is 6.54 Å². The van der Waals surface area contributed by atoms with Gasteiger partial charge in [0.25, 0.3) is 0 Å². The van der Waals surface area contributed by atoms with E-state index in [0.29, 0.717) is 6.04 Å². The van der Waals surface area contributed by atoms with Gasteiger partial charge in [0.05, 0.1) is 11.7 Å². The molecule has 0 saturated heterocycles. The molecule has 4 heteroatoms. The molecule has 1 aromatic heterocycles. The van der Waals surface area contributed by atoms with Crippen molar-refractivity contribution in [2.75, 3.05) is 12.8 Å². The molecule has 1 fully saturated rings. The van der Waals surface area contributed by atoms with Crippen LogP contribution >= 0.6 is 11.8 Å². The number of rotatable bonds is 6. The Hall–Kier alpha value is -0.480. The van der Waals surface area contributed by atoms with Crippen molar-refractivity contribution in [2.24, 2.45) is 0 Å². The van der Waals surface area contributed by atoms with Crippen LogP contribution in [0.1, 0.15) is 50.8 Å². The predicted molar refractivity (Wildman–Crippen MR) is 79.0 cm³/mol. The third-order valence-electron chi connectivity index (χ3n) is 3.81. The Morgan fingerprint density at radius 2 is 2.22 bits per heavy atom. The summed E-state index contributed by atoms with van der Waals surface area (Å²) in [6, 6.07) is 2.57. The Balaban J connectivity index is 1.88. The van der Waals surface area contributed by atoms with Crippen molar-refractivity contribution >= 4 is 11.8 Å². The van der Waals surface area contributed by atoms with Gasteiger partial charge in [-0.2, -0.15) is 16.9 Å². The van der Waals surface area contributed by atoms with Crippen molar-refractivity contribution in [3.63, 3.8) is 0 Å². The second-order valence-electron chi connectivity index (χ2n) is 5.01. The minimum absolute atomic E-state index is 0.430. The molecule has 1 aliphatic rings. The first-order chi connectivity index (χ1) is 8.85. The SMILES string of the molecule is CCn1nccc1C(CSC1CCCCC1)NC. The summed E-state index contributed by atoms with van der Waals surface area (Å²) in [4.78, 5) is 0. The molecule has 0 aliphatic heterocycles. The normalized spacial score (nSPS) is 19.0. The number of nitrogens with zero attached hydrogens (tertiary/aromatic N) is 2. The number of aromatic nitrogens is 2. The highest BCUT2D eigenvalue weighted by Gasteiger charge is 2.18. The molecule has 1 N–H and O–H groups in total. The maximum atomic E-state index is 4.37. The molecule has 1 unspecified atom stereocenters. The van der Waals surface area contributed by atoms with E-state index in [0.717, 1.165) is 17.5 Å². The van der Waals surface area contributed by atoms with Crippen LogP contribution in [0.3, 0.4) is 0 Å². The number of hydrogen-bond donors (Lipinski definition) is 1. The quantitative estimate of drug-likeness (QED) is 0.858. The van der Waals surface area contributed by atoms with Gasteiger partial charge in [0.1, 0.15) is 0 Å². The summed E-state index contributed by atoms with van der Waals surface area (Å²) in [5.74, 6) is 1.16. The van der Waals surface area contributed by atoms with Gasteiger partial charge in [0, 0.05) is 23.7 Å². The van der Waals surface area contributed by atoms with Crippen molar-refractivity contribution in [3.05, 3.63) is 18.0 Å². The highest BCUT2D eigenvalue weighted by molar-refractivity contribution is 7.99. The summed E-state index contributed by atoms with van der Waals surface area (Å²) in [6.07, 6.45) is 9.02. The second kappa shape index (κ2) is 7.19. The molecule has 0 aromatic carbocycles. The summed E-state index contributed by atoms with van der Waals surface area (Å²) in [7, 11) is 2.05. The van der Waals surface area contributed by atoms with Crippen LogP contribution in [0.15, 0.2) is 12.3 Å². The fourth-order valence-corrected chi connectivity index (χ4v) is 4.15. The average molecular weight is 267 g/mol. The molecule has 0 spiro atoms. The Bertz CT molecular complexity index is 345. The van der Waals surface area contributed by atoms with E-state index < -0.39 is 0 Å². The lowest BCUT2D eigenvalue weighted by Crippen LogP contribution is -2.23. The van der Waals surface area contributed by atoms with Crippen LogP contribution in [0.25, 0.3) is 0 Å². The van der Waals surface area contributed by atoms with Crippen LogP contribution in [0, 0.1) is 0 Å². The zero-order valence-electron chi connectivity index (χ0n) is 11.6. The molecule has 1 atom stereocenters. The highest BCUT2D eigenvalue weighted by atomic mass is 32.2. The lowest BCUT2D eigenvalue weighted by Gasteiger charge is -2.24. The maximum absolute atomic E-state index is 4.37. The summed E-state index contributed by atoms with van der Waals surface area (Å²) < 4.78 is 2.10. The molecule has 2 rings (SSSR count). The first kappa shape index (κ1) is 13.9. The van der Waals surface area contributed by atoms with Crippen molar-refractivity contribution in [3.8, 4) is 0 Å². The summed E-state index contributed by atoms with van der Waals surface area (Å²) >= 11 is 2.14. The van der Waals surface area contributed by atoms with Gasteiger partial charge >= 0.3 is 0 Å². The van der Waals surface area contributed by atoms with Gasteiger partial charge in [-0.25, -0.2) is 0 Å². The fourth-order valence-electron chi connectivity index (χ4n) is 2.68. The molecule has 1 saturated carbocycles. The van der Waals surface area contributed by atoms with Crippen LogP contribution in [0.4, 0.5) is 0 Å². The van der Waals surface area contributed by atoms with Gasteiger partial charge in [0.15, 0.2) is 0 Å². The highest BCUT2D eigenvalue weighted by Crippen LogP contribution is 2.30. The molecule has 0 bridgehead atoms. The first-order valence-corrected chi connectivity index (χ1v) is 8.20. The zero-order chi connectivity index (χ0) is 12.8. The molecule has 0 radical (unpaired) electrons. The van der Waals surface area contributed by atoms with Crippen molar-refractivity contribution in [1.29, 1.82) is 0 Å². The van der Waals surface area contributed by atoms with E-state index in [2.05, 4.69) is 46.9 Å². The predicted octanol–water partition coefficient (Wildman–Crippen LogP) is 3.23. The topological polar surface area (TPSA) is 29.9 Å². The van der Waals surface area contributed by atoms with Gasteiger partial charge in [-0.05, 0) is 32.9 Å². The Morgan fingerprint density at radius 3 is 2.89 bits per heavy atom. The van der Waals surface area contributed by atoms with Crippen molar-refractivity contribution < 1.29 is 0 Å². The van der Waals surface area contributed by atoms with Gasteiger partial charge < -0.3 is 5.32 Å². The van der Waals surface area contributed by atoms with Crippen molar-refractivity contribution in [1.82, 2.24) is 15.1 Å². The minimum atomic E-state index is 0.430. The number of hydrogen-bond acceptors (Lipinski definition) is 3. The van der Waals surface area contributed by atoms with E-state index in [-0.39, 0.29) is 0 Å². The van der Waals surface area contributed by atoms with E-state index in [1.165, 1.54) is 37.8 Å². The summed E-state index contributed by atoms with van der Waals surface area (Å²) in [5.41, 5.74) is 1.32. The van der Waals surface area contributed by atoms with E-state index in [4.69, 9.17) is 0 Å². The molecule has 0 amide bonds. The van der Waals surface area contributed by atoms with E-state index in [1.54, 1.807) is 0 Å². The fraction of sp³-hybridized carbons (Fsp3) is 0.786. The van der Waals surface area contributed by atoms with Crippen LogP contribution < -0.4 is 5.32 Å². The van der Waals surface area contributed by atoms with Gasteiger partial charge in [-0.1, -0.05) is 19.3 Å². The summed E-state index contributed by atoms with van der Waals surface area (Å²) in [5, 5.41) is 8.68. The number of aryl methyl sites for hydroxylation is 1. The molecule has 1 aromatic rings. The molecule has 18 heavy (non-hydrogen) atoms.